The van der Waals surface area contributed by atoms with Gasteiger partial charge in [-0.2, -0.15) is 0 Å². The van der Waals surface area contributed by atoms with E-state index in [0.717, 1.165) is 17.0 Å². The van der Waals surface area contributed by atoms with E-state index in [1.54, 1.807) is 17.6 Å². The molecule has 1 N–H and O–H groups in total. The summed E-state index contributed by atoms with van der Waals surface area (Å²) in [5.41, 5.74) is 2.20. The zero-order valence-corrected chi connectivity index (χ0v) is 15.9. The Balaban J connectivity index is 1.77. The van der Waals surface area contributed by atoms with Crippen molar-refractivity contribution in [1.82, 2.24) is 9.55 Å². The van der Waals surface area contributed by atoms with Gasteiger partial charge < -0.3 is 14.4 Å². The van der Waals surface area contributed by atoms with Gasteiger partial charge in [-0.05, 0) is 29.7 Å². The van der Waals surface area contributed by atoms with Gasteiger partial charge >= 0.3 is 5.97 Å². The average molecular weight is 412 g/mol. The van der Waals surface area contributed by atoms with Crippen molar-refractivity contribution in [1.29, 1.82) is 0 Å². The lowest BCUT2D eigenvalue weighted by atomic mass is 10.1. The molecule has 4 aromatic rings. The van der Waals surface area contributed by atoms with Crippen LogP contribution < -0.4 is 0 Å². The van der Waals surface area contributed by atoms with Gasteiger partial charge in [-0.1, -0.05) is 12.1 Å². The van der Waals surface area contributed by atoms with Crippen molar-refractivity contribution in [2.45, 2.75) is 0 Å². The zero-order valence-electron chi connectivity index (χ0n) is 15.1. The molecule has 0 bridgehead atoms. The molecular formula is C21H14F2N2O3S. The second-order valence-corrected chi connectivity index (χ2v) is 6.99. The van der Waals surface area contributed by atoms with E-state index in [1.165, 1.54) is 35.1 Å². The van der Waals surface area contributed by atoms with E-state index in [9.17, 15) is 18.7 Å². The predicted octanol–water partition coefficient (Wildman–Crippen LogP) is 5.24. The summed E-state index contributed by atoms with van der Waals surface area (Å²) in [5, 5.41) is 12.5. The number of aromatic nitrogens is 2. The summed E-state index contributed by atoms with van der Waals surface area (Å²) in [5.74, 6) is -2.00. The normalized spacial score (nSPS) is 11.8. The van der Waals surface area contributed by atoms with Crippen molar-refractivity contribution in [3.63, 3.8) is 0 Å². The first kappa shape index (κ1) is 18.8. The Hall–Kier alpha value is -3.52. The minimum atomic E-state index is -0.682. The Morgan fingerprint density at radius 2 is 2.03 bits per heavy atom. The van der Waals surface area contributed by atoms with E-state index >= 15 is 0 Å². The predicted molar refractivity (Wildman–Crippen MR) is 107 cm³/mol. The van der Waals surface area contributed by atoms with E-state index in [1.807, 2.05) is 18.2 Å². The second-order valence-electron chi connectivity index (χ2n) is 6.13. The second kappa shape index (κ2) is 7.48. The number of rotatable bonds is 4. The fourth-order valence-electron chi connectivity index (χ4n) is 3.01. The fraction of sp³-hybridized carbons (Fsp3) is 0.0476. The van der Waals surface area contributed by atoms with Gasteiger partial charge in [0.05, 0.1) is 18.3 Å². The smallest absolute Gasteiger partial charge is 0.358 e. The van der Waals surface area contributed by atoms with Crippen molar-refractivity contribution in [2.75, 3.05) is 7.11 Å². The first-order valence-electron chi connectivity index (χ1n) is 8.47. The minimum Gasteiger partial charge on any atom is -0.513 e. The quantitative estimate of drug-likeness (QED) is 0.283. The highest BCUT2D eigenvalue weighted by atomic mass is 32.1. The lowest BCUT2D eigenvalue weighted by Crippen LogP contribution is -2.09. The van der Waals surface area contributed by atoms with Crippen LogP contribution in [0.2, 0.25) is 0 Å². The molecule has 0 saturated carbocycles. The first-order valence-corrected chi connectivity index (χ1v) is 9.35. The maximum absolute atomic E-state index is 14.1. The first-order chi connectivity index (χ1) is 14.0. The summed E-state index contributed by atoms with van der Waals surface area (Å²) >= 11 is 1.24. The van der Waals surface area contributed by atoms with Crippen LogP contribution >= 0.6 is 11.3 Å². The SMILES string of the molecule is COC(=O)/C(=C/O)n1ccc2ccc(-c3csc(-c4ccc(F)cc4F)n3)cc21. The van der Waals surface area contributed by atoms with Crippen molar-refractivity contribution in [3.05, 3.63) is 71.9 Å². The molecular weight excluding hydrogens is 398 g/mol. The molecule has 146 valence electrons. The summed E-state index contributed by atoms with van der Waals surface area (Å²) in [7, 11) is 1.23. The molecule has 5 nitrogen and oxygen atoms in total. The lowest BCUT2D eigenvalue weighted by Gasteiger charge is -2.08. The molecule has 0 fully saturated rings. The summed E-state index contributed by atoms with van der Waals surface area (Å²) < 4.78 is 33.4. The molecule has 2 heterocycles. The number of nitrogens with zero attached hydrogens (tertiary/aromatic N) is 2. The third-order valence-corrected chi connectivity index (χ3v) is 5.31. The Bertz CT molecular complexity index is 1260. The molecule has 0 amide bonds. The number of methoxy groups -OCH3 is 1. The van der Waals surface area contributed by atoms with E-state index in [0.29, 0.717) is 22.5 Å². The topological polar surface area (TPSA) is 64.3 Å². The number of hydrogen-bond donors (Lipinski definition) is 1. The number of fused-ring (bicyclic) bond motifs is 1. The molecule has 0 saturated heterocycles. The van der Waals surface area contributed by atoms with Gasteiger partial charge in [0, 0.05) is 28.8 Å². The van der Waals surface area contributed by atoms with Gasteiger partial charge in [0.15, 0.2) is 5.70 Å². The monoisotopic (exact) mass is 412 g/mol. The molecule has 0 aliphatic carbocycles. The van der Waals surface area contributed by atoms with Gasteiger partial charge in [0.1, 0.15) is 22.9 Å². The Morgan fingerprint density at radius 3 is 2.76 bits per heavy atom. The third kappa shape index (κ3) is 3.38. The molecule has 0 aliphatic heterocycles. The summed E-state index contributed by atoms with van der Waals surface area (Å²) in [6.07, 6.45) is 2.34. The molecule has 29 heavy (non-hydrogen) atoms. The van der Waals surface area contributed by atoms with Crippen LogP contribution in [-0.4, -0.2) is 27.7 Å². The highest BCUT2D eigenvalue weighted by Gasteiger charge is 2.16. The number of carbonyl (C=O) groups is 1. The number of carbonyl (C=O) groups excluding carboxylic acids is 1. The van der Waals surface area contributed by atoms with Crippen molar-refractivity contribution in [2.24, 2.45) is 0 Å². The Labute approximate surface area is 168 Å². The van der Waals surface area contributed by atoms with E-state index in [4.69, 9.17) is 4.74 Å². The number of halogens is 2. The Kier molecular flexibility index (Phi) is 4.85. The number of aliphatic hydroxyl groups excluding tert-OH is 1. The molecule has 2 aromatic heterocycles. The standard InChI is InChI=1S/C21H14F2N2O3S/c1-28-21(27)19(10-26)25-7-6-12-2-3-13(8-18(12)25)17-11-29-20(24-17)15-5-4-14(22)9-16(15)23/h2-11,26H,1H3/b19-10-. The van der Waals surface area contributed by atoms with Crippen LogP contribution in [0, 0.1) is 11.6 Å². The number of aliphatic hydroxyl groups is 1. The van der Waals surface area contributed by atoms with Gasteiger partial charge in [-0.25, -0.2) is 18.6 Å². The number of benzene rings is 2. The van der Waals surface area contributed by atoms with Crippen LogP contribution in [0.15, 0.2) is 60.3 Å². The molecule has 4 rings (SSSR count). The molecule has 2 aromatic carbocycles. The van der Waals surface area contributed by atoms with Gasteiger partial charge in [0.2, 0.25) is 0 Å². The van der Waals surface area contributed by atoms with E-state index in [-0.39, 0.29) is 11.3 Å². The maximum Gasteiger partial charge on any atom is 0.358 e. The number of ether oxygens (including phenoxy) is 1. The van der Waals surface area contributed by atoms with Crippen molar-refractivity contribution in [3.8, 4) is 21.8 Å². The minimum absolute atomic E-state index is 0.0352. The van der Waals surface area contributed by atoms with Crippen molar-refractivity contribution < 1.29 is 23.4 Å². The van der Waals surface area contributed by atoms with Crippen LogP contribution in [0.3, 0.4) is 0 Å². The highest BCUT2D eigenvalue weighted by molar-refractivity contribution is 7.13. The summed E-state index contributed by atoms with van der Waals surface area (Å²) in [4.78, 5) is 16.4. The number of esters is 1. The average Bonchev–Trinajstić information content (AvgIpc) is 3.36. The van der Waals surface area contributed by atoms with Crippen LogP contribution in [0.5, 0.6) is 0 Å². The molecule has 0 aliphatic rings. The van der Waals surface area contributed by atoms with E-state index < -0.39 is 17.6 Å². The summed E-state index contributed by atoms with van der Waals surface area (Å²) in [6, 6.07) is 10.7. The molecule has 0 radical (unpaired) electrons. The van der Waals surface area contributed by atoms with Crippen LogP contribution in [-0.2, 0) is 9.53 Å². The van der Waals surface area contributed by atoms with Crippen LogP contribution in [0.4, 0.5) is 8.78 Å². The molecule has 8 heteroatoms. The van der Waals surface area contributed by atoms with Gasteiger partial charge in [0.25, 0.3) is 0 Å². The third-order valence-electron chi connectivity index (χ3n) is 4.43. The largest absolute Gasteiger partial charge is 0.513 e. The molecule has 0 spiro atoms. The van der Waals surface area contributed by atoms with Gasteiger partial charge in [-0.3, -0.25) is 0 Å². The fourth-order valence-corrected chi connectivity index (χ4v) is 3.86. The Morgan fingerprint density at radius 1 is 1.21 bits per heavy atom. The van der Waals surface area contributed by atoms with Crippen molar-refractivity contribution >= 4 is 33.9 Å². The van der Waals surface area contributed by atoms with Gasteiger partial charge in [-0.15, -0.1) is 11.3 Å². The van der Waals surface area contributed by atoms with Crippen LogP contribution in [0.25, 0.3) is 38.4 Å². The number of hydrogen-bond acceptors (Lipinski definition) is 5. The highest BCUT2D eigenvalue weighted by Crippen LogP contribution is 2.32. The maximum atomic E-state index is 14.1. The molecule has 0 atom stereocenters. The molecule has 0 unspecified atom stereocenters. The van der Waals surface area contributed by atoms with Crippen LogP contribution in [0.1, 0.15) is 0 Å². The summed E-state index contributed by atoms with van der Waals surface area (Å²) in [6.45, 7) is 0. The number of thiazole rings is 1. The zero-order chi connectivity index (χ0) is 20.5. The van der Waals surface area contributed by atoms with E-state index in [2.05, 4.69) is 4.98 Å². The lowest BCUT2D eigenvalue weighted by molar-refractivity contribution is -0.134.